The van der Waals surface area contributed by atoms with E-state index in [1.165, 1.54) is 6.42 Å². The lowest BCUT2D eigenvalue weighted by atomic mass is 9.96. The Kier molecular flexibility index (Phi) is 4.61. The van der Waals surface area contributed by atoms with Crippen LogP contribution in [0.25, 0.3) is 22.5 Å². The zero-order chi connectivity index (χ0) is 17.9. The van der Waals surface area contributed by atoms with E-state index in [9.17, 15) is 4.79 Å². The minimum absolute atomic E-state index is 0.0513. The summed E-state index contributed by atoms with van der Waals surface area (Å²) in [6.07, 6.45) is 3.52. The van der Waals surface area contributed by atoms with E-state index in [1.54, 1.807) is 6.92 Å². The number of carbonyl (C=O) groups excluding carboxylic acids is 1. The fraction of sp³-hybridized carbons (Fsp3) is 0.261. The van der Waals surface area contributed by atoms with Crippen LogP contribution in [0.3, 0.4) is 0 Å². The van der Waals surface area contributed by atoms with Crippen LogP contribution in [0.5, 0.6) is 0 Å². The minimum Gasteiger partial charge on any atom is -0.439 e. The van der Waals surface area contributed by atoms with Crippen LogP contribution in [0.2, 0.25) is 0 Å². The standard InChI is InChI=1S/C23H23NO2/c1-17(25)20-21(18-11-5-2-6-12-18)22(19-13-7-3-8-14-19)26-23(20)24-15-9-4-10-16-24/h2-3,5-8,11-14H,4,9-10,15-16H2,1H3. The fourth-order valence-electron chi connectivity index (χ4n) is 3.74. The van der Waals surface area contributed by atoms with Crippen molar-refractivity contribution in [3.8, 4) is 22.5 Å². The average Bonchev–Trinajstić information content (AvgIpc) is 3.11. The summed E-state index contributed by atoms with van der Waals surface area (Å²) >= 11 is 0. The molecule has 2 aromatic carbocycles. The molecule has 3 heteroatoms. The predicted octanol–water partition coefficient (Wildman–Crippen LogP) is 5.81. The van der Waals surface area contributed by atoms with Crippen LogP contribution < -0.4 is 4.90 Å². The van der Waals surface area contributed by atoms with Gasteiger partial charge in [0.15, 0.2) is 5.78 Å². The molecule has 1 saturated heterocycles. The van der Waals surface area contributed by atoms with Crippen molar-refractivity contribution < 1.29 is 9.21 Å². The second-order valence-electron chi connectivity index (χ2n) is 6.82. The molecule has 3 aromatic rings. The molecule has 0 atom stereocenters. The van der Waals surface area contributed by atoms with Crippen LogP contribution in [-0.2, 0) is 0 Å². The van der Waals surface area contributed by atoms with E-state index in [2.05, 4.69) is 4.90 Å². The molecule has 0 spiro atoms. The van der Waals surface area contributed by atoms with Crippen LogP contribution in [0.4, 0.5) is 5.88 Å². The molecule has 0 saturated carbocycles. The second kappa shape index (κ2) is 7.20. The maximum atomic E-state index is 12.7. The molecule has 3 nitrogen and oxygen atoms in total. The van der Waals surface area contributed by atoms with E-state index in [-0.39, 0.29) is 5.78 Å². The monoisotopic (exact) mass is 345 g/mol. The summed E-state index contributed by atoms with van der Waals surface area (Å²) in [5, 5.41) is 0. The van der Waals surface area contributed by atoms with Crippen molar-refractivity contribution >= 4 is 11.7 Å². The summed E-state index contributed by atoms with van der Waals surface area (Å²) in [4.78, 5) is 14.9. The molecular formula is C23H23NO2. The fourth-order valence-corrected chi connectivity index (χ4v) is 3.74. The van der Waals surface area contributed by atoms with Gasteiger partial charge in [0.25, 0.3) is 0 Å². The molecule has 1 aromatic heterocycles. The number of piperidine rings is 1. The van der Waals surface area contributed by atoms with Gasteiger partial charge < -0.3 is 9.32 Å². The molecule has 0 unspecified atom stereocenters. The average molecular weight is 345 g/mol. The number of Topliss-reactive ketones (excluding diaryl/α,β-unsaturated/α-hetero) is 1. The highest BCUT2D eigenvalue weighted by atomic mass is 16.4. The SMILES string of the molecule is CC(=O)c1c(N2CCCCC2)oc(-c2ccccc2)c1-c1ccccc1. The smallest absolute Gasteiger partial charge is 0.207 e. The van der Waals surface area contributed by atoms with Gasteiger partial charge in [0.05, 0.1) is 5.56 Å². The van der Waals surface area contributed by atoms with E-state index >= 15 is 0 Å². The molecule has 0 amide bonds. The van der Waals surface area contributed by atoms with Gasteiger partial charge in [-0.15, -0.1) is 0 Å². The third-order valence-corrected chi connectivity index (χ3v) is 4.98. The Morgan fingerprint density at radius 3 is 2.00 bits per heavy atom. The van der Waals surface area contributed by atoms with Crippen LogP contribution >= 0.6 is 0 Å². The van der Waals surface area contributed by atoms with Gasteiger partial charge in [-0.2, -0.15) is 0 Å². The largest absolute Gasteiger partial charge is 0.439 e. The highest BCUT2D eigenvalue weighted by molar-refractivity contribution is 6.08. The molecule has 0 N–H and O–H groups in total. The highest BCUT2D eigenvalue weighted by Gasteiger charge is 2.29. The number of furan rings is 1. The number of rotatable bonds is 4. The van der Waals surface area contributed by atoms with Gasteiger partial charge >= 0.3 is 0 Å². The molecule has 0 bridgehead atoms. The Labute approximate surface area is 154 Å². The first-order valence-electron chi connectivity index (χ1n) is 9.29. The third kappa shape index (κ3) is 3.05. The predicted molar refractivity (Wildman–Crippen MR) is 106 cm³/mol. The highest BCUT2D eigenvalue weighted by Crippen LogP contribution is 2.43. The van der Waals surface area contributed by atoms with E-state index < -0.39 is 0 Å². The Morgan fingerprint density at radius 2 is 1.42 bits per heavy atom. The topological polar surface area (TPSA) is 33.5 Å². The van der Waals surface area contributed by atoms with Crippen LogP contribution in [-0.4, -0.2) is 18.9 Å². The normalized spacial score (nSPS) is 14.4. The summed E-state index contributed by atoms with van der Waals surface area (Å²) in [7, 11) is 0. The second-order valence-corrected chi connectivity index (χ2v) is 6.82. The van der Waals surface area contributed by atoms with E-state index in [0.29, 0.717) is 5.56 Å². The van der Waals surface area contributed by atoms with Crippen molar-refractivity contribution in [2.45, 2.75) is 26.2 Å². The van der Waals surface area contributed by atoms with Crippen LogP contribution in [0.1, 0.15) is 36.5 Å². The lowest BCUT2D eigenvalue weighted by Gasteiger charge is -2.27. The van der Waals surface area contributed by atoms with Crippen molar-refractivity contribution in [1.29, 1.82) is 0 Å². The molecule has 0 aliphatic carbocycles. The zero-order valence-corrected chi connectivity index (χ0v) is 15.1. The molecule has 2 heterocycles. The Hall–Kier alpha value is -2.81. The third-order valence-electron chi connectivity index (χ3n) is 4.98. The molecule has 26 heavy (non-hydrogen) atoms. The molecule has 132 valence electrons. The van der Waals surface area contributed by atoms with E-state index in [4.69, 9.17) is 4.42 Å². The van der Waals surface area contributed by atoms with Crippen LogP contribution in [0.15, 0.2) is 65.1 Å². The van der Waals surface area contributed by atoms with Gasteiger partial charge in [-0.3, -0.25) is 4.79 Å². The first-order chi connectivity index (χ1) is 12.8. The Bertz CT molecular complexity index is 891. The zero-order valence-electron chi connectivity index (χ0n) is 15.1. The molecule has 1 aliphatic heterocycles. The Morgan fingerprint density at radius 1 is 0.846 bits per heavy atom. The van der Waals surface area contributed by atoms with Gasteiger partial charge in [-0.25, -0.2) is 0 Å². The number of hydrogen-bond donors (Lipinski definition) is 0. The lowest BCUT2D eigenvalue weighted by molar-refractivity contribution is 0.101. The molecule has 1 fully saturated rings. The van der Waals surface area contributed by atoms with Crippen molar-refractivity contribution in [2.75, 3.05) is 18.0 Å². The summed E-state index contributed by atoms with van der Waals surface area (Å²) in [6.45, 7) is 3.52. The maximum absolute atomic E-state index is 12.7. The van der Waals surface area contributed by atoms with Crippen LogP contribution in [0, 0.1) is 0 Å². The molecular weight excluding hydrogens is 322 g/mol. The Balaban J connectivity index is 1.96. The van der Waals surface area contributed by atoms with Gasteiger partial charge in [-0.1, -0.05) is 60.7 Å². The lowest BCUT2D eigenvalue weighted by Crippen LogP contribution is -2.30. The number of anilines is 1. The van der Waals surface area contributed by atoms with Crippen molar-refractivity contribution in [3.63, 3.8) is 0 Å². The summed E-state index contributed by atoms with van der Waals surface area (Å²) < 4.78 is 6.39. The number of nitrogens with zero attached hydrogens (tertiary/aromatic N) is 1. The number of hydrogen-bond acceptors (Lipinski definition) is 3. The first kappa shape index (κ1) is 16.6. The van der Waals surface area contributed by atoms with E-state index in [0.717, 1.165) is 54.3 Å². The number of benzene rings is 2. The van der Waals surface area contributed by atoms with Gasteiger partial charge in [0.2, 0.25) is 5.88 Å². The summed E-state index contributed by atoms with van der Waals surface area (Å²) in [6, 6.07) is 20.2. The number of ketones is 1. The van der Waals surface area contributed by atoms with Gasteiger partial charge in [0, 0.05) is 24.2 Å². The van der Waals surface area contributed by atoms with Gasteiger partial charge in [-0.05, 0) is 31.7 Å². The minimum atomic E-state index is 0.0513. The summed E-state index contributed by atoms with van der Waals surface area (Å²) in [5.74, 6) is 1.56. The quantitative estimate of drug-likeness (QED) is 0.560. The van der Waals surface area contributed by atoms with Gasteiger partial charge in [0.1, 0.15) is 5.76 Å². The van der Waals surface area contributed by atoms with Crippen molar-refractivity contribution in [1.82, 2.24) is 0 Å². The molecule has 1 aliphatic rings. The van der Waals surface area contributed by atoms with E-state index in [1.807, 2.05) is 60.7 Å². The molecule has 0 radical (unpaired) electrons. The van der Waals surface area contributed by atoms with Crippen molar-refractivity contribution in [3.05, 3.63) is 66.2 Å². The number of carbonyl (C=O) groups is 1. The maximum Gasteiger partial charge on any atom is 0.207 e. The van der Waals surface area contributed by atoms with Crippen molar-refractivity contribution in [2.24, 2.45) is 0 Å². The first-order valence-corrected chi connectivity index (χ1v) is 9.29. The molecule has 4 rings (SSSR count). The summed E-state index contributed by atoms with van der Waals surface area (Å²) in [5.41, 5.74) is 3.63.